The van der Waals surface area contributed by atoms with Crippen LogP contribution in [0.3, 0.4) is 0 Å². The van der Waals surface area contributed by atoms with Crippen LogP contribution in [-0.2, 0) is 10.0 Å². The number of benzene rings is 1. The minimum Gasteiger partial charge on any atom is -0.493 e. The zero-order valence-electron chi connectivity index (χ0n) is 22.2. The summed E-state index contributed by atoms with van der Waals surface area (Å²) in [5.41, 5.74) is 3.21. The number of sulfonamides is 1. The van der Waals surface area contributed by atoms with Crippen molar-refractivity contribution in [3.63, 3.8) is 0 Å². The van der Waals surface area contributed by atoms with Crippen molar-refractivity contribution in [3.8, 4) is 5.75 Å². The largest absolute Gasteiger partial charge is 0.493 e. The lowest BCUT2D eigenvalue weighted by atomic mass is 9.87. The van der Waals surface area contributed by atoms with E-state index in [-0.39, 0.29) is 17.4 Å². The topological polar surface area (TPSA) is 129 Å². The number of piperidine rings is 2. The number of rotatable bonds is 8. The number of carboxylic acid groups (broad SMARTS) is 1. The molecule has 1 aromatic carbocycles. The van der Waals surface area contributed by atoms with Crippen molar-refractivity contribution in [2.45, 2.75) is 31.6 Å². The quantitative estimate of drug-likeness (QED) is 0.328. The van der Waals surface area contributed by atoms with Gasteiger partial charge in [0, 0.05) is 42.2 Å². The number of nitrogens with zero attached hydrogens (tertiary/aromatic N) is 4. The van der Waals surface area contributed by atoms with E-state index >= 15 is 0 Å². The highest BCUT2D eigenvalue weighted by atomic mass is 32.2. The summed E-state index contributed by atoms with van der Waals surface area (Å²) >= 11 is 0. The highest BCUT2D eigenvalue weighted by Crippen LogP contribution is 2.35. The molecule has 3 aromatic heterocycles. The molecule has 2 fully saturated rings. The van der Waals surface area contributed by atoms with Gasteiger partial charge in [0.2, 0.25) is 10.0 Å². The summed E-state index contributed by atoms with van der Waals surface area (Å²) in [6.07, 6.45) is 9.06. The van der Waals surface area contributed by atoms with E-state index in [1.165, 1.54) is 17.7 Å². The van der Waals surface area contributed by atoms with Crippen molar-refractivity contribution in [1.29, 1.82) is 0 Å². The van der Waals surface area contributed by atoms with E-state index in [4.69, 9.17) is 9.84 Å². The van der Waals surface area contributed by atoms with Crippen molar-refractivity contribution in [2.75, 3.05) is 38.7 Å². The maximum absolute atomic E-state index is 13.4. The fourth-order valence-electron chi connectivity index (χ4n) is 6.03. The molecule has 5 heterocycles. The molecule has 0 aliphatic carbocycles. The Morgan fingerprint density at radius 2 is 1.85 bits per heavy atom. The van der Waals surface area contributed by atoms with Crippen molar-refractivity contribution < 1.29 is 23.1 Å². The number of H-pyrrole nitrogens is 1. The van der Waals surface area contributed by atoms with E-state index < -0.39 is 16.0 Å². The monoisotopic (exact) mass is 563 g/mol. The minimum atomic E-state index is -3.44. The molecule has 0 spiro atoms. The van der Waals surface area contributed by atoms with Crippen LogP contribution < -0.4 is 4.74 Å². The van der Waals surface area contributed by atoms with Gasteiger partial charge in [0.25, 0.3) is 0 Å². The molecule has 0 bridgehead atoms. The normalized spacial score (nSPS) is 19.8. The highest BCUT2D eigenvalue weighted by molar-refractivity contribution is 7.89. The minimum absolute atomic E-state index is 0.0359. The number of hydrogen-bond donors (Lipinski definition) is 2. The number of carboxylic acids is 1. The van der Waals surface area contributed by atoms with Crippen molar-refractivity contribution in [1.82, 2.24) is 24.2 Å². The van der Waals surface area contributed by atoms with Gasteiger partial charge in [0.15, 0.2) is 5.65 Å². The van der Waals surface area contributed by atoms with Crippen molar-refractivity contribution in [2.24, 2.45) is 5.92 Å². The third-order valence-electron chi connectivity index (χ3n) is 8.16. The van der Waals surface area contributed by atoms with Crippen LogP contribution in [0.2, 0.25) is 0 Å². The molecule has 2 aliphatic heterocycles. The number of pyridine rings is 2. The van der Waals surface area contributed by atoms with Gasteiger partial charge in [-0.3, -0.25) is 4.90 Å². The summed E-state index contributed by atoms with van der Waals surface area (Å²) in [7, 11) is -3.44. The molecule has 1 atom stereocenters. The standard InChI is InChI=1S/C29H33N5O5S/c35-29(36)22-3-5-23(6-4-22)39-18-20-2-1-13-34(17-20)40(37,38)19-33-14-9-21(10-15-33)24-7-11-30-26-16-32-28-25(27(24)26)8-12-31-28/h3-8,11-12,16,20-21,30H,1-2,9-10,13-15,17-19H2,(H,35,36). The molecule has 0 saturated carbocycles. The number of likely N-dealkylation sites (tertiary alicyclic amines) is 1. The first-order valence-corrected chi connectivity index (χ1v) is 15.4. The predicted octanol–water partition coefficient (Wildman–Crippen LogP) is 4.07. The lowest BCUT2D eigenvalue weighted by Gasteiger charge is -2.36. The highest BCUT2D eigenvalue weighted by Gasteiger charge is 2.32. The van der Waals surface area contributed by atoms with Crippen LogP contribution in [0, 0.1) is 5.92 Å². The Kier molecular flexibility index (Phi) is 7.43. The Morgan fingerprint density at radius 3 is 2.62 bits per heavy atom. The summed E-state index contributed by atoms with van der Waals surface area (Å²) < 4.78 is 34.3. The maximum Gasteiger partial charge on any atom is 0.335 e. The van der Waals surface area contributed by atoms with Gasteiger partial charge >= 0.3 is 5.97 Å². The number of ether oxygens (including phenoxy) is 1. The molecule has 2 N–H and O–H groups in total. The van der Waals surface area contributed by atoms with Gasteiger partial charge in [-0.2, -0.15) is 0 Å². The lowest BCUT2D eigenvalue weighted by Crippen LogP contribution is -2.47. The molecule has 4 aromatic rings. The first kappa shape index (κ1) is 26.7. The van der Waals surface area contributed by atoms with E-state index in [1.807, 2.05) is 18.5 Å². The summed E-state index contributed by atoms with van der Waals surface area (Å²) in [5.74, 6) is 0.0779. The number of carbonyl (C=O) groups is 1. The van der Waals surface area contributed by atoms with Crippen LogP contribution in [0.25, 0.3) is 21.9 Å². The van der Waals surface area contributed by atoms with Crippen LogP contribution in [0.1, 0.15) is 47.5 Å². The van der Waals surface area contributed by atoms with Crippen molar-refractivity contribution >= 4 is 37.9 Å². The summed E-state index contributed by atoms with van der Waals surface area (Å²) in [5, 5.41) is 11.3. The first-order chi connectivity index (χ1) is 19.4. The van der Waals surface area contributed by atoms with Crippen LogP contribution in [-0.4, -0.2) is 82.3 Å². The predicted molar refractivity (Wildman–Crippen MR) is 152 cm³/mol. The third-order valence-corrected chi connectivity index (χ3v) is 9.97. The summed E-state index contributed by atoms with van der Waals surface area (Å²) in [6, 6.07) is 10.4. The van der Waals surface area contributed by atoms with Crippen LogP contribution in [0.15, 0.2) is 55.0 Å². The average Bonchev–Trinajstić information content (AvgIpc) is 3.46. The van der Waals surface area contributed by atoms with E-state index in [0.29, 0.717) is 31.4 Å². The second kappa shape index (κ2) is 11.1. The molecule has 0 radical (unpaired) electrons. The van der Waals surface area contributed by atoms with Gasteiger partial charge in [-0.05, 0) is 86.7 Å². The zero-order chi connectivity index (χ0) is 27.7. The number of aromatic nitrogens is 3. The molecule has 6 rings (SSSR count). The van der Waals surface area contributed by atoms with Gasteiger partial charge in [0.1, 0.15) is 11.6 Å². The van der Waals surface area contributed by atoms with Gasteiger partial charge in [-0.1, -0.05) is 0 Å². The smallest absolute Gasteiger partial charge is 0.335 e. The van der Waals surface area contributed by atoms with Gasteiger partial charge in [0.05, 0.1) is 23.9 Å². The van der Waals surface area contributed by atoms with Gasteiger partial charge in [-0.15, -0.1) is 0 Å². The van der Waals surface area contributed by atoms with Crippen LogP contribution in [0.5, 0.6) is 5.75 Å². The number of fused-ring (bicyclic) bond motifs is 3. The number of aromatic amines is 1. The molecule has 1 unspecified atom stereocenters. The van der Waals surface area contributed by atoms with Crippen LogP contribution in [0.4, 0.5) is 0 Å². The number of hydrogen-bond acceptors (Lipinski definition) is 7. The molecule has 2 aliphatic rings. The summed E-state index contributed by atoms with van der Waals surface area (Å²) in [6.45, 7) is 2.82. The fraction of sp³-hybridized carbons (Fsp3) is 0.414. The molecule has 210 valence electrons. The second-order valence-corrected chi connectivity index (χ2v) is 12.7. The molecular formula is C29H33N5O5S. The van der Waals surface area contributed by atoms with E-state index in [9.17, 15) is 13.2 Å². The maximum atomic E-state index is 13.4. The Morgan fingerprint density at radius 1 is 1.05 bits per heavy atom. The summed E-state index contributed by atoms with van der Waals surface area (Å²) in [4.78, 5) is 25.2. The number of aromatic carboxylic acids is 1. The molecule has 2 saturated heterocycles. The molecular weight excluding hydrogens is 530 g/mol. The molecule has 10 nitrogen and oxygen atoms in total. The Bertz CT molecular complexity index is 1610. The van der Waals surface area contributed by atoms with Crippen LogP contribution >= 0.6 is 0 Å². The Labute approximate surface area is 233 Å². The third kappa shape index (κ3) is 5.54. The number of nitrogens with one attached hydrogen (secondary N) is 1. The molecule has 40 heavy (non-hydrogen) atoms. The Hall–Kier alpha value is -3.54. The average molecular weight is 564 g/mol. The van der Waals surface area contributed by atoms with Gasteiger partial charge in [-0.25, -0.2) is 27.5 Å². The van der Waals surface area contributed by atoms with Crippen molar-refractivity contribution in [3.05, 3.63) is 66.1 Å². The molecule has 11 heteroatoms. The first-order valence-electron chi connectivity index (χ1n) is 13.7. The molecule has 0 amide bonds. The lowest BCUT2D eigenvalue weighted by molar-refractivity contribution is 0.0697. The zero-order valence-corrected chi connectivity index (χ0v) is 23.0. The SMILES string of the molecule is O=C(O)c1ccc(OCC2CCCN(S(=O)(=O)CN3CCC(c4cc[nH]c5cnc6nccc6c45)CC3)C2)cc1. The van der Waals surface area contributed by atoms with E-state index in [2.05, 4.69) is 25.9 Å². The fourth-order valence-corrected chi connectivity index (χ4v) is 7.76. The van der Waals surface area contributed by atoms with E-state index in [0.717, 1.165) is 60.7 Å². The van der Waals surface area contributed by atoms with E-state index in [1.54, 1.807) is 22.6 Å². The Balaban J connectivity index is 1.05. The van der Waals surface area contributed by atoms with Gasteiger partial charge < -0.3 is 14.8 Å². The second-order valence-electron chi connectivity index (χ2n) is 10.8.